The first-order valence-corrected chi connectivity index (χ1v) is 9.02. The number of nitrogens with zero attached hydrogens (tertiary/aromatic N) is 5. The van der Waals surface area contributed by atoms with E-state index in [2.05, 4.69) is 21.7 Å². The fraction of sp³-hybridized carbons (Fsp3) is 0.765. The standard InChI is InChI=1S/C17H27N5O2/c1-13-11-21(12-15-19-18-14(2)22(13)15)17(24)8-7-16(23)20-9-5-3-4-6-10-20/h13H,3-12H2,1-2H3/t13-/m1/s1. The molecule has 0 spiro atoms. The number of hydrogen-bond donors (Lipinski definition) is 0. The lowest BCUT2D eigenvalue weighted by molar-refractivity contribution is -0.138. The van der Waals surface area contributed by atoms with Crippen LogP contribution in [0.25, 0.3) is 0 Å². The number of likely N-dealkylation sites (tertiary alicyclic amines) is 1. The van der Waals surface area contributed by atoms with Crippen molar-refractivity contribution < 1.29 is 9.59 Å². The molecule has 1 aromatic rings. The van der Waals surface area contributed by atoms with E-state index in [1.54, 1.807) is 0 Å². The van der Waals surface area contributed by atoms with Gasteiger partial charge in [0.25, 0.3) is 0 Å². The Bertz CT molecular complexity index is 604. The maximum absolute atomic E-state index is 12.5. The number of amides is 2. The third-order valence-corrected chi connectivity index (χ3v) is 5.06. The molecule has 1 aromatic heterocycles. The summed E-state index contributed by atoms with van der Waals surface area (Å²) in [4.78, 5) is 28.6. The Kier molecular flexibility index (Phi) is 5.16. The molecule has 0 unspecified atom stereocenters. The smallest absolute Gasteiger partial charge is 0.223 e. The Hall–Kier alpha value is -1.92. The number of carbonyl (C=O) groups is 2. The molecule has 2 amide bonds. The highest BCUT2D eigenvalue weighted by Crippen LogP contribution is 2.22. The minimum atomic E-state index is 0.0388. The van der Waals surface area contributed by atoms with E-state index in [1.165, 1.54) is 12.8 Å². The van der Waals surface area contributed by atoms with Gasteiger partial charge in [-0.3, -0.25) is 9.59 Å². The Morgan fingerprint density at radius 1 is 1.00 bits per heavy atom. The van der Waals surface area contributed by atoms with Crippen molar-refractivity contribution in [1.29, 1.82) is 0 Å². The van der Waals surface area contributed by atoms with E-state index >= 15 is 0 Å². The molecule has 7 heteroatoms. The number of rotatable bonds is 3. The fourth-order valence-corrected chi connectivity index (χ4v) is 3.77. The summed E-state index contributed by atoms with van der Waals surface area (Å²) in [5.74, 6) is 1.88. The maximum atomic E-state index is 12.5. The number of aromatic nitrogens is 3. The topological polar surface area (TPSA) is 71.3 Å². The molecule has 0 radical (unpaired) electrons. The van der Waals surface area contributed by atoms with Crippen LogP contribution in [0.3, 0.4) is 0 Å². The van der Waals surface area contributed by atoms with Crippen molar-refractivity contribution in [3.63, 3.8) is 0 Å². The van der Waals surface area contributed by atoms with Gasteiger partial charge in [-0.05, 0) is 26.7 Å². The van der Waals surface area contributed by atoms with Gasteiger partial charge in [0, 0.05) is 32.5 Å². The lowest BCUT2D eigenvalue weighted by atomic mass is 10.2. The van der Waals surface area contributed by atoms with Gasteiger partial charge < -0.3 is 14.4 Å². The van der Waals surface area contributed by atoms with Crippen molar-refractivity contribution in [2.45, 2.75) is 65.0 Å². The minimum Gasteiger partial charge on any atom is -0.343 e. The van der Waals surface area contributed by atoms with E-state index in [0.29, 0.717) is 19.5 Å². The van der Waals surface area contributed by atoms with Crippen LogP contribution in [-0.4, -0.2) is 56.0 Å². The average molecular weight is 333 g/mol. The van der Waals surface area contributed by atoms with Gasteiger partial charge in [0.15, 0.2) is 5.82 Å². The zero-order chi connectivity index (χ0) is 17.1. The van der Waals surface area contributed by atoms with Crippen molar-refractivity contribution in [1.82, 2.24) is 24.6 Å². The van der Waals surface area contributed by atoms with Crippen LogP contribution < -0.4 is 0 Å². The molecule has 0 bridgehead atoms. The molecule has 2 aliphatic heterocycles. The predicted octanol–water partition coefficient (Wildman–Crippen LogP) is 1.67. The van der Waals surface area contributed by atoms with Crippen LogP contribution in [0.5, 0.6) is 0 Å². The lowest BCUT2D eigenvalue weighted by Gasteiger charge is -2.32. The molecule has 1 saturated heterocycles. The number of fused-ring (bicyclic) bond motifs is 1. The van der Waals surface area contributed by atoms with E-state index in [1.807, 2.05) is 16.7 Å². The summed E-state index contributed by atoms with van der Waals surface area (Å²) >= 11 is 0. The monoisotopic (exact) mass is 333 g/mol. The summed E-state index contributed by atoms with van der Waals surface area (Å²) in [6.45, 7) is 6.84. The molecule has 7 nitrogen and oxygen atoms in total. The molecular weight excluding hydrogens is 306 g/mol. The third kappa shape index (κ3) is 3.60. The van der Waals surface area contributed by atoms with Gasteiger partial charge in [-0.25, -0.2) is 0 Å². The summed E-state index contributed by atoms with van der Waals surface area (Å²) < 4.78 is 2.09. The maximum Gasteiger partial charge on any atom is 0.223 e. The summed E-state index contributed by atoms with van der Waals surface area (Å²) in [5.41, 5.74) is 0. The Balaban J connectivity index is 1.53. The van der Waals surface area contributed by atoms with Gasteiger partial charge in [0.1, 0.15) is 5.82 Å². The number of carbonyl (C=O) groups excluding carboxylic acids is 2. The average Bonchev–Trinajstić information content (AvgIpc) is 2.78. The van der Waals surface area contributed by atoms with Crippen LogP contribution in [0.4, 0.5) is 0 Å². The van der Waals surface area contributed by atoms with Crippen molar-refractivity contribution in [2.24, 2.45) is 0 Å². The van der Waals surface area contributed by atoms with E-state index in [-0.39, 0.29) is 24.3 Å². The first-order chi connectivity index (χ1) is 11.6. The molecule has 1 atom stereocenters. The second kappa shape index (κ2) is 7.32. The third-order valence-electron chi connectivity index (χ3n) is 5.06. The number of hydrogen-bond acceptors (Lipinski definition) is 4. The second-order valence-corrected chi connectivity index (χ2v) is 6.95. The molecule has 0 aliphatic carbocycles. The zero-order valence-corrected chi connectivity index (χ0v) is 14.7. The number of aryl methyl sites for hydroxylation is 1. The van der Waals surface area contributed by atoms with Crippen LogP contribution in [0, 0.1) is 6.92 Å². The lowest BCUT2D eigenvalue weighted by Crippen LogP contribution is -2.41. The van der Waals surface area contributed by atoms with Gasteiger partial charge in [-0.15, -0.1) is 10.2 Å². The first-order valence-electron chi connectivity index (χ1n) is 9.02. The summed E-state index contributed by atoms with van der Waals surface area (Å²) in [6.07, 6.45) is 5.17. The van der Waals surface area contributed by atoms with Gasteiger partial charge in [-0.2, -0.15) is 0 Å². The van der Waals surface area contributed by atoms with Crippen LogP contribution in [0.1, 0.15) is 63.1 Å². The van der Waals surface area contributed by atoms with Crippen molar-refractivity contribution in [3.05, 3.63) is 11.6 Å². The summed E-state index contributed by atoms with van der Waals surface area (Å²) in [7, 11) is 0. The largest absolute Gasteiger partial charge is 0.343 e. The van der Waals surface area contributed by atoms with Crippen LogP contribution in [0.15, 0.2) is 0 Å². The van der Waals surface area contributed by atoms with Gasteiger partial charge in [0.2, 0.25) is 11.8 Å². The zero-order valence-electron chi connectivity index (χ0n) is 14.7. The SMILES string of the molecule is Cc1nnc2n1[C@H](C)CN(C(=O)CCC(=O)N1CCCCCC1)C2. The van der Waals surface area contributed by atoms with Crippen molar-refractivity contribution in [3.8, 4) is 0 Å². The molecule has 24 heavy (non-hydrogen) atoms. The molecule has 1 fully saturated rings. The van der Waals surface area contributed by atoms with E-state index in [0.717, 1.165) is 37.6 Å². The normalized spacial score (nSPS) is 21.3. The molecule has 2 aliphatic rings. The molecule has 0 N–H and O–H groups in total. The Morgan fingerprint density at radius 3 is 2.29 bits per heavy atom. The summed E-state index contributed by atoms with van der Waals surface area (Å²) in [5, 5.41) is 8.26. The first kappa shape index (κ1) is 16.9. The predicted molar refractivity (Wildman–Crippen MR) is 89.2 cm³/mol. The molecule has 0 saturated carbocycles. The highest BCUT2D eigenvalue weighted by Gasteiger charge is 2.28. The van der Waals surface area contributed by atoms with Gasteiger partial charge >= 0.3 is 0 Å². The van der Waals surface area contributed by atoms with Crippen LogP contribution in [0.2, 0.25) is 0 Å². The molecular formula is C17H27N5O2. The minimum absolute atomic E-state index is 0.0388. The summed E-state index contributed by atoms with van der Waals surface area (Å²) in [6, 6.07) is 0.175. The van der Waals surface area contributed by atoms with Crippen molar-refractivity contribution in [2.75, 3.05) is 19.6 Å². The second-order valence-electron chi connectivity index (χ2n) is 6.95. The van der Waals surface area contributed by atoms with Crippen LogP contribution >= 0.6 is 0 Å². The Labute approximate surface area is 143 Å². The van der Waals surface area contributed by atoms with Crippen molar-refractivity contribution >= 4 is 11.8 Å². The fourth-order valence-electron chi connectivity index (χ4n) is 3.77. The van der Waals surface area contributed by atoms with E-state index in [9.17, 15) is 9.59 Å². The quantitative estimate of drug-likeness (QED) is 0.843. The van der Waals surface area contributed by atoms with Crippen LogP contribution in [-0.2, 0) is 16.1 Å². The van der Waals surface area contributed by atoms with Gasteiger partial charge in [-0.1, -0.05) is 12.8 Å². The highest BCUT2D eigenvalue weighted by atomic mass is 16.2. The highest BCUT2D eigenvalue weighted by molar-refractivity contribution is 5.83. The molecule has 3 rings (SSSR count). The molecule has 3 heterocycles. The molecule has 132 valence electrons. The van der Waals surface area contributed by atoms with E-state index in [4.69, 9.17) is 0 Å². The Morgan fingerprint density at radius 2 is 1.62 bits per heavy atom. The molecule has 0 aromatic carbocycles. The van der Waals surface area contributed by atoms with Gasteiger partial charge in [0.05, 0.1) is 12.6 Å². The van der Waals surface area contributed by atoms with E-state index < -0.39 is 0 Å².